The topological polar surface area (TPSA) is 41.1 Å². The van der Waals surface area contributed by atoms with Crippen LogP contribution in [0.25, 0.3) is 0 Å². The smallest absolute Gasteiger partial charge is 0.252 e. The summed E-state index contributed by atoms with van der Waals surface area (Å²) in [6.07, 6.45) is 3.05. The average Bonchev–Trinajstić information content (AvgIpc) is 2.61. The summed E-state index contributed by atoms with van der Waals surface area (Å²) in [6.45, 7) is 0.991. The van der Waals surface area contributed by atoms with E-state index in [-0.39, 0.29) is 24.4 Å². The zero-order valence-electron chi connectivity index (χ0n) is 13.4. The number of carbonyl (C=O) groups is 1. The summed E-state index contributed by atoms with van der Waals surface area (Å²) in [6, 6.07) is 14.5. The molecule has 24 heavy (non-hydrogen) atoms. The number of anilines is 1. The normalized spacial score (nSPS) is 18.4. The molecule has 0 aromatic heterocycles. The Labute approximate surface area is 153 Å². The van der Waals surface area contributed by atoms with Gasteiger partial charge in [0.2, 0.25) is 0 Å². The van der Waals surface area contributed by atoms with Crippen LogP contribution in [0.15, 0.2) is 47.4 Å². The van der Waals surface area contributed by atoms with Gasteiger partial charge in [0.25, 0.3) is 5.91 Å². The molecule has 0 bridgehead atoms. The second kappa shape index (κ2) is 7.49. The van der Waals surface area contributed by atoms with Crippen LogP contribution in [0.5, 0.6) is 0 Å². The van der Waals surface area contributed by atoms with Crippen LogP contribution >= 0.6 is 24.2 Å². The van der Waals surface area contributed by atoms with Gasteiger partial charge in [-0.1, -0.05) is 24.3 Å². The lowest BCUT2D eigenvalue weighted by Crippen LogP contribution is -2.31. The molecule has 0 spiro atoms. The van der Waals surface area contributed by atoms with Crippen molar-refractivity contribution in [2.45, 2.75) is 30.2 Å². The molecule has 0 aliphatic carbocycles. The fourth-order valence-corrected chi connectivity index (χ4v) is 4.58. The zero-order chi connectivity index (χ0) is 15.6. The predicted octanol–water partition coefficient (Wildman–Crippen LogP) is 4.43. The summed E-state index contributed by atoms with van der Waals surface area (Å²) in [5, 5.41) is 6.66. The van der Waals surface area contributed by atoms with Gasteiger partial charge in [-0.3, -0.25) is 4.79 Å². The van der Waals surface area contributed by atoms with Gasteiger partial charge in [-0.2, -0.15) is 0 Å². The monoisotopic (exact) mass is 360 g/mol. The highest BCUT2D eigenvalue weighted by molar-refractivity contribution is 7.99. The SMILES string of the molecule is Cl.O=C(NC1CCSc2ccccc21)c1cccc2c1CCCN2. The lowest BCUT2D eigenvalue weighted by molar-refractivity contribution is 0.0934. The first kappa shape index (κ1) is 17.2. The second-order valence-electron chi connectivity index (χ2n) is 6.06. The lowest BCUT2D eigenvalue weighted by atomic mass is 9.96. The highest BCUT2D eigenvalue weighted by atomic mass is 35.5. The average molecular weight is 361 g/mol. The highest BCUT2D eigenvalue weighted by Crippen LogP contribution is 2.36. The van der Waals surface area contributed by atoms with Crippen molar-refractivity contribution < 1.29 is 4.79 Å². The molecule has 0 fully saturated rings. The number of fused-ring (bicyclic) bond motifs is 2. The van der Waals surface area contributed by atoms with E-state index in [1.54, 1.807) is 0 Å². The van der Waals surface area contributed by atoms with Crippen molar-refractivity contribution in [3.8, 4) is 0 Å². The van der Waals surface area contributed by atoms with Gasteiger partial charge in [0, 0.05) is 28.4 Å². The van der Waals surface area contributed by atoms with E-state index in [1.165, 1.54) is 10.5 Å². The third-order valence-electron chi connectivity index (χ3n) is 4.60. The maximum Gasteiger partial charge on any atom is 0.252 e. The Bertz CT molecular complexity index is 750. The van der Waals surface area contributed by atoms with Gasteiger partial charge in [-0.25, -0.2) is 0 Å². The van der Waals surface area contributed by atoms with Crippen molar-refractivity contribution in [2.24, 2.45) is 0 Å². The zero-order valence-corrected chi connectivity index (χ0v) is 15.0. The van der Waals surface area contributed by atoms with E-state index in [9.17, 15) is 4.79 Å². The van der Waals surface area contributed by atoms with Crippen molar-refractivity contribution in [3.05, 3.63) is 59.2 Å². The van der Waals surface area contributed by atoms with Crippen LogP contribution in [-0.4, -0.2) is 18.2 Å². The van der Waals surface area contributed by atoms with Crippen LogP contribution in [0.2, 0.25) is 0 Å². The van der Waals surface area contributed by atoms with Crippen LogP contribution in [0.4, 0.5) is 5.69 Å². The number of benzene rings is 2. The quantitative estimate of drug-likeness (QED) is 0.832. The summed E-state index contributed by atoms with van der Waals surface area (Å²) in [5.74, 6) is 1.11. The van der Waals surface area contributed by atoms with Crippen molar-refractivity contribution >= 4 is 35.8 Å². The van der Waals surface area contributed by atoms with E-state index >= 15 is 0 Å². The maximum absolute atomic E-state index is 12.8. The van der Waals surface area contributed by atoms with Crippen LogP contribution in [-0.2, 0) is 6.42 Å². The minimum absolute atomic E-state index is 0. The molecule has 126 valence electrons. The molecular weight excluding hydrogens is 340 g/mol. The minimum atomic E-state index is 0. The van der Waals surface area contributed by atoms with Gasteiger partial charge >= 0.3 is 0 Å². The molecule has 3 nitrogen and oxygen atoms in total. The fraction of sp³-hybridized carbons (Fsp3) is 0.316. The van der Waals surface area contributed by atoms with Crippen molar-refractivity contribution in [1.82, 2.24) is 5.32 Å². The molecule has 2 aromatic rings. The maximum atomic E-state index is 12.8. The van der Waals surface area contributed by atoms with Gasteiger partial charge in [-0.15, -0.1) is 24.2 Å². The molecule has 2 N–H and O–H groups in total. The van der Waals surface area contributed by atoms with E-state index in [0.29, 0.717) is 0 Å². The van der Waals surface area contributed by atoms with Gasteiger partial charge < -0.3 is 10.6 Å². The number of halogens is 1. The standard InChI is InChI=1S/C19H20N2OS.ClH/c22-19(14-6-3-8-16-13(14)7-4-11-20-16)21-17-10-12-23-18-9-2-1-5-15(17)18;/h1-3,5-6,8-9,17,20H,4,7,10-12H2,(H,21,22);1H. The largest absolute Gasteiger partial charge is 0.385 e. The summed E-state index contributed by atoms with van der Waals surface area (Å²) in [7, 11) is 0. The van der Waals surface area contributed by atoms with Gasteiger partial charge in [0.15, 0.2) is 0 Å². The first-order valence-electron chi connectivity index (χ1n) is 8.21. The van der Waals surface area contributed by atoms with Crippen molar-refractivity contribution in [2.75, 3.05) is 17.6 Å². The van der Waals surface area contributed by atoms with Crippen LogP contribution in [0, 0.1) is 0 Å². The van der Waals surface area contributed by atoms with E-state index in [4.69, 9.17) is 0 Å². The highest BCUT2D eigenvalue weighted by Gasteiger charge is 2.24. The van der Waals surface area contributed by atoms with Gasteiger partial charge in [-0.05, 0) is 48.6 Å². The summed E-state index contributed by atoms with van der Waals surface area (Å²) >= 11 is 1.88. The summed E-state index contributed by atoms with van der Waals surface area (Å²) in [5.41, 5.74) is 4.35. The molecule has 0 saturated heterocycles. The molecule has 1 unspecified atom stereocenters. The number of rotatable bonds is 2. The third-order valence-corrected chi connectivity index (χ3v) is 5.73. The number of amides is 1. The summed E-state index contributed by atoms with van der Waals surface area (Å²) in [4.78, 5) is 14.1. The molecule has 1 amide bonds. The van der Waals surface area contributed by atoms with Gasteiger partial charge in [0.05, 0.1) is 6.04 Å². The van der Waals surface area contributed by atoms with E-state index in [0.717, 1.165) is 48.4 Å². The third kappa shape index (κ3) is 3.26. The van der Waals surface area contributed by atoms with Gasteiger partial charge in [0.1, 0.15) is 0 Å². The molecule has 0 saturated carbocycles. The molecule has 0 radical (unpaired) electrons. The number of nitrogens with one attached hydrogen (secondary N) is 2. The Kier molecular flexibility index (Phi) is 5.36. The summed E-state index contributed by atoms with van der Waals surface area (Å²) < 4.78 is 0. The molecule has 5 heteroatoms. The van der Waals surface area contributed by atoms with Crippen LogP contribution in [0.1, 0.15) is 40.4 Å². The van der Waals surface area contributed by atoms with E-state index in [2.05, 4.69) is 41.0 Å². The second-order valence-corrected chi connectivity index (χ2v) is 7.20. The molecule has 2 aliphatic heterocycles. The van der Waals surface area contributed by atoms with Crippen LogP contribution < -0.4 is 10.6 Å². The van der Waals surface area contributed by atoms with Crippen LogP contribution in [0.3, 0.4) is 0 Å². The Morgan fingerprint density at radius 2 is 2.04 bits per heavy atom. The van der Waals surface area contributed by atoms with E-state index in [1.807, 2.05) is 23.9 Å². The number of hydrogen-bond acceptors (Lipinski definition) is 3. The Hall–Kier alpha value is -1.65. The molecule has 4 rings (SSSR count). The lowest BCUT2D eigenvalue weighted by Gasteiger charge is -2.27. The number of hydrogen-bond donors (Lipinski definition) is 2. The first-order valence-corrected chi connectivity index (χ1v) is 9.20. The molecular formula is C19H21ClN2OS. The number of thioether (sulfide) groups is 1. The molecule has 2 heterocycles. The molecule has 1 atom stereocenters. The Balaban J connectivity index is 0.00000169. The Morgan fingerprint density at radius 1 is 1.17 bits per heavy atom. The Morgan fingerprint density at radius 3 is 2.96 bits per heavy atom. The molecule has 2 aliphatic rings. The van der Waals surface area contributed by atoms with Crippen molar-refractivity contribution in [1.29, 1.82) is 0 Å². The first-order chi connectivity index (χ1) is 11.3. The number of carbonyl (C=O) groups excluding carboxylic acids is 1. The predicted molar refractivity (Wildman–Crippen MR) is 102 cm³/mol. The minimum Gasteiger partial charge on any atom is -0.385 e. The van der Waals surface area contributed by atoms with E-state index < -0.39 is 0 Å². The molecule has 2 aromatic carbocycles. The fourth-order valence-electron chi connectivity index (χ4n) is 3.45. The van der Waals surface area contributed by atoms with Crippen molar-refractivity contribution in [3.63, 3.8) is 0 Å².